The smallest absolute Gasteiger partial charge is 0.255 e. The summed E-state index contributed by atoms with van der Waals surface area (Å²) in [5.74, 6) is 1.48. The molecule has 0 aliphatic carbocycles. The molecule has 2 N–H and O–H groups in total. The van der Waals surface area contributed by atoms with Crippen molar-refractivity contribution >= 4 is 11.7 Å². The first kappa shape index (κ1) is 18.1. The van der Waals surface area contributed by atoms with E-state index in [9.17, 15) is 4.79 Å². The number of hydrogen-bond donors (Lipinski definition) is 2. The monoisotopic (exact) mass is 380 g/mol. The molecule has 0 spiro atoms. The molecule has 0 aromatic carbocycles. The summed E-state index contributed by atoms with van der Waals surface area (Å²) >= 11 is 0. The number of hydrogen-bond acceptors (Lipinski definition) is 6. The van der Waals surface area contributed by atoms with Gasteiger partial charge in [-0.25, -0.2) is 9.97 Å². The number of carbonyl (C=O) groups excluding carboxylic acids is 1. The van der Waals surface area contributed by atoms with Crippen LogP contribution in [-0.4, -0.2) is 53.3 Å². The number of aromatic amines is 1. The largest absolute Gasteiger partial charge is 0.363 e. The van der Waals surface area contributed by atoms with Gasteiger partial charge in [0.15, 0.2) is 0 Å². The van der Waals surface area contributed by atoms with Crippen molar-refractivity contribution in [2.24, 2.45) is 0 Å². The number of aromatic nitrogens is 6. The number of pyridine rings is 1. The quantitative estimate of drug-likeness (QED) is 0.650. The van der Waals surface area contributed by atoms with Gasteiger partial charge in [0.1, 0.15) is 18.0 Å². The van der Waals surface area contributed by atoms with Crippen LogP contribution in [0, 0.1) is 0 Å². The molecular formula is C19H24N8O. The molecule has 4 heterocycles. The SMILES string of the molecule is O=C(c1ccc(NCc2ncn[nH]2)nc1)N1CCCCC1CCn1cccn1. The Hall–Kier alpha value is -3.23. The van der Waals surface area contributed by atoms with Gasteiger partial charge in [0.25, 0.3) is 5.91 Å². The fourth-order valence-corrected chi connectivity index (χ4v) is 3.56. The summed E-state index contributed by atoms with van der Waals surface area (Å²) in [6.07, 6.45) is 11.0. The van der Waals surface area contributed by atoms with Crippen molar-refractivity contribution in [1.82, 2.24) is 34.8 Å². The van der Waals surface area contributed by atoms with Gasteiger partial charge in [0.2, 0.25) is 0 Å². The molecule has 1 aliphatic rings. The van der Waals surface area contributed by atoms with Gasteiger partial charge >= 0.3 is 0 Å². The molecule has 9 nitrogen and oxygen atoms in total. The number of amides is 1. The number of piperidine rings is 1. The molecule has 0 radical (unpaired) electrons. The number of aryl methyl sites for hydroxylation is 1. The first-order chi connectivity index (χ1) is 13.8. The number of likely N-dealkylation sites (tertiary alicyclic amines) is 1. The molecule has 1 atom stereocenters. The zero-order valence-corrected chi connectivity index (χ0v) is 15.7. The van der Waals surface area contributed by atoms with Crippen molar-refractivity contribution in [1.29, 1.82) is 0 Å². The summed E-state index contributed by atoms with van der Waals surface area (Å²) < 4.78 is 1.92. The lowest BCUT2D eigenvalue weighted by molar-refractivity contribution is 0.0593. The van der Waals surface area contributed by atoms with E-state index in [1.54, 1.807) is 12.4 Å². The van der Waals surface area contributed by atoms with Crippen LogP contribution in [0.4, 0.5) is 5.82 Å². The molecule has 1 amide bonds. The van der Waals surface area contributed by atoms with E-state index in [0.29, 0.717) is 17.9 Å². The lowest BCUT2D eigenvalue weighted by Crippen LogP contribution is -2.44. The van der Waals surface area contributed by atoms with Gasteiger partial charge in [-0.3, -0.25) is 14.6 Å². The van der Waals surface area contributed by atoms with Crippen molar-refractivity contribution in [2.75, 3.05) is 11.9 Å². The fourth-order valence-electron chi connectivity index (χ4n) is 3.56. The molecule has 0 bridgehead atoms. The maximum atomic E-state index is 13.0. The number of carbonyl (C=O) groups is 1. The summed E-state index contributed by atoms with van der Waals surface area (Å²) in [5.41, 5.74) is 0.621. The Labute approximate surface area is 163 Å². The molecule has 1 saturated heterocycles. The van der Waals surface area contributed by atoms with Crippen LogP contribution in [0.5, 0.6) is 0 Å². The topological polar surface area (TPSA) is 105 Å². The van der Waals surface area contributed by atoms with Crippen LogP contribution in [-0.2, 0) is 13.1 Å². The summed E-state index contributed by atoms with van der Waals surface area (Å²) in [4.78, 5) is 23.5. The second-order valence-electron chi connectivity index (χ2n) is 6.92. The molecule has 4 rings (SSSR count). The molecule has 3 aromatic rings. The second kappa shape index (κ2) is 8.64. The normalized spacial score (nSPS) is 16.9. The van der Waals surface area contributed by atoms with Gasteiger partial charge < -0.3 is 10.2 Å². The van der Waals surface area contributed by atoms with Crippen LogP contribution >= 0.6 is 0 Å². The van der Waals surface area contributed by atoms with Crippen molar-refractivity contribution < 1.29 is 4.79 Å². The second-order valence-corrected chi connectivity index (χ2v) is 6.92. The summed E-state index contributed by atoms with van der Waals surface area (Å²) in [6.45, 7) is 2.13. The van der Waals surface area contributed by atoms with E-state index >= 15 is 0 Å². The van der Waals surface area contributed by atoms with Gasteiger partial charge in [0.05, 0.1) is 12.1 Å². The van der Waals surface area contributed by atoms with Gasteiger partial charge in [-0.1, -0.05) is 0 Å². The zero-order chi connectivity index (χ0) is 19.2. The summed E-state index contributed by atoms with van der Waals surface area (Å²) in [6, 6.07) is 5.83. The van der Waals surface area contributed by atoms with Crippen LogP contribution in [0.25, 0.3) is 0 Å². The predicted molar refractivity (Wildman–Crippen MR) is 103 cm³/mol. The third-order valence-corrected chi connectivity index (χ3v) is 5.05. The van der Waals surface area contributed by atoms with Crippen LogP contribution in [0.2, 0.25) is 0 Å². The minimum absolute atomic E-state index is 0.0550. The van der Waals surface area contributed by atoms with Gasteiger partial charge in [-0.2, -0.15) is 10.2 Å². The Balaban J connectivity index is 1.37. The van der Waals surface area contributed by atoms with Crippen molar-refractivity contribution in [3.63, 3.8) is 0 Å². The predicted octanol–water partition coefficient (Wildman–Crippen LogP) is 2.09. The van der Waals surface area contributed by atoms with Crippen molar-refractivity contribution in [3.05, 3.63) is 54.5 Å². The number of nitrogens with one attached hydrogen (secondary N) is 2. The molecule has 28 heavy (non-hydrogen) atoms. The van der Waals surface area contributed by atoms with E-state index in [2.05, 4.69) is 30.6 Å². The van der Waals surface area contributed by atoms with Crippen molar-refractivity contribution in [3.8, 4) is 0 Å². The lowest BCUT2D eigenvalue weighted by Gasteiger charge is -2.36. The van der Waals surface area contributed by atoms with E-state index < -0.39 is 0 Å². The molecular weight excluding hydrogens is 356 g/mol. The van der Waals surface area contributed by atoms with Crippen LogP contribution in [0.15, 0.2) is 43.1 Å². The highest BCUT2D eigenvalue weighted by Crippen LogP contribution is 2.22. The Morgan fingerprint density at radius 2 is 2.25 bits per heavy atom. The van der Waals surface area contributed by atoms with Crippen molar-refractivity contribution in [2.45, 2.75) is 44.8 Å². The molecule has 1 unspecified atom stereocenters. The maximum absolute atomic E-state index is 13.0. The number of rotatable bonds is 7. The van der Waals surface area contributed by atoms with Crippen LogP contribution < -0.4 is 5.32 Å². The number of anilines is 1. The van der Waals surface area contributed by atoms with Gasteiger partial charge in [-0.15, -0.1) is 0 Å². The Bertz CT molecular complexity index is 860. The Kier molecular flexibility index (Phi) is 5.60. The van der Waals surface area contributed by atoms with E-state index in [0.717, 1.165) is 44.6 Å². The maximum Gasteiger partial charge on any atom is 0.255 e. The van der Waals surface area contributed by atoms with E-state index in [4.69, 9.17) is 0 Å². The molecule has 3 aromatic heterocycles. The number of nitrogens with zero attached hydrogens (tertiary/aromatic N) is 6. The molecule has 9 heteroatoms. The standard InChI is InChI=1S/C19H24N8O/c28-19(15-5-6-17(20-12-15)21-13-18-22-14-23-25-18)27-10-2-1-4-16(27)7-11-26-9-3-8-24-26/h3,5-6,8-9,12,14,16H,1-2,4,7,10-11,13H2,(H,20,21)(H,22,23,25). The van der Waals surface area contributed by atoms with Crippen LogP contribution in [0.1, 0.15) is 41.9 Å². The highest BCUT2D eigenvalue weighted by molar-refractivity contribution is 5.94. The molecule has 1 fully saturated rings. The van der Waals surface area contributed by atoms with Gasteiger partial charge in [0, 0.05) is 37.7 Å². The highest BCUT2D eigenvalue weighted by atomic mass is 16.2. The molecule has 0 saturated carbocycles. The highest BCUT2D eigenvalue weighted by Gasteiger charge is 2.27. The zero-order valence-electron chi connectivity index (χ0n) is 15.7. The fraction of sp³-hybridized carbons (Fsp3) is 0.421. The third kappa shape index (κ3) is 4.36. The van der Waals surface area contributed by atoms with Gasteiger partial charge in [-0.05, 0) is 43.9 Å². The Morgan fingerprint density at radius 1 is 1.29 bits per heavy atom. The lowest BCUT2D eigenvalue weighted by atomic mass is 9.98. The minimum atomic E-state index is 0.0550. The minimum Gasteiger partial charge on any atom is -0.363 e. The summed E-state index contributed by atoms with van der Waals surface area (Å²) in [7, 11) is 0. The first-order valence-electron chi connectivity index (χ1n) is 9.62. The first-order valence-corrected chi connectivity index (χ1v) is 9.62. The number of H-pyrrole nitrogens is 1. The third-order valence-electron chi connectivity index (χ3n) is 5.05. The van der Waals surface area contributed by atoms with E-state index in [1.807, 2.05) is 34.0 Å². The molecule has 1 aliphatic heterocycles. The van der Waals surface area contributed by atoms with E-state index in [1.165, 1.54) is 6.33 Å². The summed E-state index contributed by atoms with van der Waals surface area (Å²) in [5, 5.41) is 14.0. The average molecular weight is 380 g/mol. The van der Waals surface area contributed by atoms with E-state index in [-0.39, 0.29) is 11.9 Å². The average Bonchev–Trinajstić information content (AvgIpc) is 3.45. The van der Waals surface area contributed by atoms with Crippen LogP contribution in [0.3, 0.4) is 0 Å². The Morgan fingerprint density at radius 3 is 3.00 bits per heavy atom. The molecule has 146 valence electrons.